The molecule has 160 valence electrons. The van der Waals surface area contributed by atoms with Gasteiger partial charge in [0.25, 0.3) is 0 Å². The monoisotopic (exact) mass is 422 g/mol. The molecule has 0 fully saturated rings. The first kappa shape index (κ1) is 21.8. The highest BCUT2D eigenvalue weighted by atomic mass is 19.1. The van der Waals surface area contributed by atoms with Gasteiger partial charge in [-0.3, -0.25) is 4.79 Å². The van der Waals surface area contributed by atoms with Gasteiger partial charge in [-0.05, 0) is 35.4 Å². The van der Waals surface area contributed by atoms with Crippen molar-refractivity contribution in [3.05, 3.63) is 89.2 Å². The van der Waals surface area contributed by atoms with E-state index in [-0.39, 0.29) is 18.1 Å². The van der Waals surface area contributed by atoms with Gasteiger partial charge >= 0.3 is 0 Å². The number of benzene rings is 3. The summed E-state index contributed by atoms with van der Waals surface area (Å²) in [4.78, 5) is 12.0. The molecule has 0 aliphatic carbocycles. The van der Waals surface area contributed by atoms with Gasteiger partial charge in [0.15, 0.2) is 11.5 Å². The topological polar surface area (TPSA) is 69.2 Å². The van der Waals surface area contributed by atoms with Gasteiger partial charge in [0.2, 0.25) is 11.7 Å². The lowest BCUT2D eigenvalue weighted by Crippen LogP contribution is -2.19. The first-order chi connectivity index (χ1) is 15.1. The first-order valence-electron chi connectivity index (χ1n) is 9.58. The number of nitrogens with zero attached hydrogens (tertiary/aromatic N) is 1. The minimum Gasteiger partial charge on any atom is -0.493 e. The Morgan fingerprint density at radius 3 is 2.23 bits per heavy atom. The SMILES string of the molecule is COc1cc(/C=N\NC(=O)Cc2ccc(F)cc2)cc(OC)c1OCc1ccccc1. The molecule has 31 heavy (non-hydrogen) atoms. The minimum absolute atomic E-state index is 0.0938. The molecule has 0 aliphatic rings. The number of rotatable bonds is 9. The lowest BCUT2D eigenvalue weighted by Gasteiger charge is -2.15. The summed E-state index contributed by atoms with van der Waals surface area (Å²) in [5.41, 5.74) is 4.82. The Balaban J connectivity index is 1.66. The summed E-state index contributed by atoms with van der Waals surface area (Å²) in [5, 5.41) is 3.98. The van der Waals surface area contributed by atoms with Crippen molar-refractivity contribution in [3.63, 3.8) is 0 Å². The average Bonchev–Trinajstić information content (AvgIpc) is 2.79. The van der Waals surface area contributed by atoms with Crippen LogP contribution < -0.4 is 19.6 Å². The molecule has 3 aromatic carbocycles. The quantitative estimate of drug-likeness (QED) is 0.416. The van der Waals surface area contributed by atoms with Gasteiger partial charge < -0.3 is 14.2 Å². The van der Waals surface area contributed by atoms with Crippen molar-refractivity contribution >= 4 is 12.1 Å². The Morgan fingerprint density at radius 2 is 1.61 bits per heavy atom. The number of ether oxygens (including phenoxy) is 3. The lowest BCUT2D eigenvalue weighted by molar-refractivity contribution is -0.120. The number of hydrazone groups is 1. The molecule has 6 nitrogen and oxygen atoms in total. The van der Waals surface area contributed by atoms with Crippen molar-refractivity contribution in [3.8, 4) is 17.2 Å². The lowest BCUT2D eigenvalue weighted by atomic mass is 10.1. The predicted molar refractivity (Wildman–Crippen MR) is 116 cm³/mol. The molecule has 3 rings (SSSR count). The average molecular weight is 422 g/mol. The maximum Gasteiger partial charge on any atom is 0.244 e. The van der Waals surface area contributed by atoms with E-state index in [2.05, 4.69) is 10.5 Å². The fraction of sp³-hybridized carbons (Fsp3) is 0.167. The van der Waals surface area contributed by atoms with Gasteiger partial charge in [-0.15, -0.1) is 0 Å². The Morgan fingerprint density at radius 1 is 0.968 bits per heavy atom. The van der Waals surface area contributed by atoms with E-state index in [0.29, 0.717) is 35.0 Å². The molecule has 1 N–H and O–H groups in total. The molecule has 0 aliphatic heterocycles. The summed E-state index contributed by atoms with van der Waals surface area (Å²) in [6.07, 6.45) is 1.57. The van der Waals surface area contributed by atoms with Gasteiger partial charge in [-0.25, -0.2) is 9.82 Å². The molecule has 0 atom stereocenters. The number of halogens is 1. The number of methoxy groups -OCH3 is 2. The zero-order valence-corrected chi connectivity index (χ0v) is 17.3. The zero-order chi connectivity index (χ0) is 22.1. The molecule has 0 radical (unpaired) electrons. The van der Waals surface area contributed by atoms with E-state index in [9.17, 15) is 9.18 Å². The molecule has 0 spiro atoms. The van der Waals surface area contributed by atoms with E-state index in [1.807, 2.05) is 30.3 Å². The summed E-state index contributed by atoms with van der Waals surface area (Å²) in [5.74, 6) is 0.779. The van der Waals surface area contributed by atoms with Crippen LogP contribution in [0.5, 0.6) is 17.2 Å². The van der Waals surface area contributed by atoms with Crippen LogP contribution in [0, 0.1) is 5.82 Å². The van der Waals surface area contributed by atoms with Gasteiger partial charge in [0.05, 0.1) is 26.9 Å². The second kappa shape index (κ2) is 10.8. The molecule has 3 aromatic rings. The summed E-state index contributed by atoms with van der Waals surface area (Å²) < 4.78 is 29.8. The van der Waals surface area contributed by atoms with Crippen molar-refractivity contribution in [2.75, 3.05) is 14.2 Å². The summed E-state index contributed by atoms with van der Waals surface area (Å²) in [6, 6.07) is 19.0. The van der Waals surface area contributed by atoms with Crippen molar-refractivity contribution in [1.29, 1.82) is 0 Å². The molecule has 0 heterocycles. The summed E-state index contributed by atoms with van der Waals surface area (Å²) in [6.45, 7) is 0.362. The molecule has 0 saturated heterocycles. The van der Waals surface area contributed by atoms with Crippen LogP contribution >= 0.6 is 0 Å². The third-order valence-electron chi connectivity index (χ3n) is 4.39. The van der Waals surface area contributed by atoms with Gasteiger partial charge in [-0.1, -0.05) is 42.5 Å². The van der Waals surface area contributed by atoms with Crippen LogP contribution in [0.3, 0.4) is 0 Å². The largest absolute Gasteiger partial charge is 0.493 e. The van der Waals surface area contributed by atoms with E-state index in [1.54, 1.807) is 24.3 Å². The van der Waals surface area contributed by atoms with Crippen LogP contribution in [-0.2, 0) is 17.8 Å². The highest BCUT2D eigenvalue weighted by molar-refractivity contribution is 5.85. The van der Waals surface area contributed by atoms with Crippen molar-refractivity contribution in [2.45, 2.75) is 13.0 Å². The highest BCUT2D eigenvalue weighted by Crippen LogP contribution is 2.38. The van der Waals surface area contributed by atoms with Crippen LogP contribution in [0.4, 0.5) is 4.39 Å². The van der Waals surface area contributed by atoms with E-state index < -0.39 is 0 Å². The van der Waals surface area contributed by atoms with E-state index in [0.717, 1.165) is 5.56 Å². The van der Waals surface area contributed by atoms with Crippen LogP contribution in [-0.4, -0.2) is 26.3 Å². The van der Waals surface area contributed by atoms with Gasteiger partial charge in [0.1, 0.15) is 12.4 Å². The third kappa shape index (κ3) is 6.30. The molecule has 0 saturated carbocycles. The third-order valence-corrected chi connectivity index (χ3v) is 4.39. The number of hydrogen-bond donors (Lipinski definition) is 1. The van der Waals surface area contributed by atoms with Crippen LogP contribution in [0.2, 0.25) is 0 Å². The van der Waals surface area contributed by atoms with Gasteiger partial charge in [0, 0.05) is 5.56 Å². The molecule has 7 heteroatoms. The first-order valence-corrected chi connectivity index (χ1v) is 9.58. The number of amides is 1. The predicted octanol–water partition coefficient (Wildman–Crippen LogP) is 4.11. The molecule has 0 unspecified atom stereocenters. The van der Waals surface area contributed by atoms with Gasteiger partial charge in [-0.2, -0.15) is 5.10 Å². The molecular formula is C24H23FN2O4. The summed E-state index contributed by atoms with van der Waals surface area (Å²) >= 11 is 0. The fourth-order valence-electron chi connectivity index (χ4n) is 2.85. The fourth-order valence-corrected chi connectivity index (χ4v) is 2.85. The number of carbonyl (C=O) groups is 1. The molecule has 1 amide bonds. The Kier molecular flexibility index (Phi) is 7.59. The summed E-state index contributed by atoms with van der Waals surface area (Å²) in [7, 11) is 3.07. The van der Waals surface area contributed by atoms with Crippen LogP contribution in [0.1, 0.15) is 16.7 Å². The molecule has 0 aromatic heterocycles. The standard InChI is InChI=1S/C24H23FN2O4/c1-29-21-12-19(15-26-27-23(28)14-17-8-10-20(25)11-9-17)13-22(30-2)24(21)31-16-18-6-4-3-5-7-18/h3-13,15H,14,16H2,1-2H3,(H,27,28)/b26-15-. The second-order valence-corrected chi connectivity index (χ2v) is 6.63. The van der Waals surface area contributed by atoms with E-state index >= 15 is 0 Å². The maximum atomic E-state index is 12.9. The Bertz CT molecular complexity index is 1010. The maximum absolute atomic E-state index is 12.9. The highest BCUT2D eigenvalue weighted by Gasteiger charge is 2.14. The zero-order valence-electron chi connectivity index (χ0n) is 17.3. The number of nitrogens with one attached hydrogen (secondary N) is 1. The second-order valence-electron chi connectivity index (χ2n) is 6.63. The Hall–Kier alpha value is -3.87. The smallest absolute Gasteiger partial charge is 0.244 e. The molecule has 0 bridgehead atoms. The number of hydrogen-bond acceptors (Lipinski definition) is 5. The van der Waals surface area contributed by atoms with E-state index in [4.69, 9.17) is 14.2 Å². The Labute approximate surface area is 180 Å². The van der Waals surface area contributed by atoms with Crippen molar-refractivity contribution in [2.24, 2.45) is 5.10 Å². The van der Waals surface area contributed by atoms with Crippen molar-refractivity contribution in [1.82, 2.24) is 5.43 Å². The minimum atomic E-state index is -0.346. The van der Waals surface area contributed by atoms with E-state index in [1.165, 1.54) is 32.6 Å². The van der Waals surface area contributed by atoms with Crippen LogP contribution in [0.25, 0.3) is 0 Å². The molecular weight excluding hydrogens is 399 g/mol. The van der Waals surface area contributed by atoms with Crippen LogP contribution in [0.15, 0.2) is 71.8 Å². The normalized spacial score (nSPS) is 10.7. The van der Waals surface area contributed by atoms with Crippen molar-refractivity contribution < 1.29 is 23.4 Å². The number of carbonyl (C=O) groups excluding carboxylic acids is 1.